The van der Waals surface area contributed by atoms with Crippen LogP contribution in [0.1, 0.15) is 0 Å². The normalized spacial score (nSPS) is 10.2. The first-order valence-electron chi connectivity index (χ1n) is 2.98. The van der Waals surface area contributed by atoms with Gasteiger partial charge in [-0.2, -0.15) is 0 Å². The lowest BCUT2D eigenvalue weighted by molar-refractivity contribution is 0.415. The zero-order valence-corrected chi connectivity index (χ0v) is 5.52. The van der Waals surface area contributed by atoms with Gasteiger partial charge in [0.15, 0.2) is 0 Å². The minimum Gasteiger partial charge on any atom is -0.442 e. The monoisotopic (exact) mass is 151 g/mol. The maximum absolute atomic E-state index is 5.48. The summed E-state index contributed by atoms with van der Waals surface area (Å²) in [6.45, 7) is 0. The standard InChI is InChI=1S/C6H5N3O2/c7-4-3-9-11-5(4)6-8-1-2-10-6/h1-3H,7H2. The largest absolute Gasteiger partial charge is 0.442 e. The second-order valence-corrected chi connectivity index (χ2v) is 1.95. The summed E-state index contributed by atoms with van der Waals surface area (Å²) in [5, 5.41) is 3.48. The van der Waals surface area contributed by atoms with E-state index in [1.54, 1.807) is 0 Å². The van der Waals surface area contributed by atoms with Crippen LogP contribution >= 0.6 is 0 Å². The first-order chi connectivity index (χ1) is 5.38. The molecule has 0 aliphatic heterocycles. The third kappa shape index (κ3) is 0.861. The van der Waals surface area contributed by atoms with Gasteiger partial charge in [-0.25, -0.2) is 4.98 Å². The van der Waals surface area contributed by atoms with Crippen molar-refractivity contribution in [2.75, 3.05) is 5.73 Å². The van der Waals surface area contributed by atoms with E-state index in [1.165, 1.54) is 18.7 Å². The minimum absolute atomic E-state index is 0.347. The second-order valence-electron chi connectivity index (χ2n) is 1.95. The smallest absolute Gasteiger partial charge is 0.267 e. The number of nitrogens with two attached hydrogens (primary N) is 1. The lowest BCUT2D eigenvalue weighted by Gasteiger charge is -1.86. The lowest BCUT2D eigenvalue weighted by Crippen LogP contribution is -1.83. The van der Waals surface area contributed by atoms with E-state index >= 15 is 0 Å². The summed E-state index contributed by atoms with van der Waals surface area (Å²) in [4.78, 5) is 3.84. The molecule has 0 spiro atoms. The van der Waals surface area contributed by atoms with Gasteiger partial charge in [0, 0.05) is 0 Å². The van der Waals surface area contributed by atoms with Crippen molar-refractivity contribution in [3.05, 3.63) is 18.7 Å². The first kappa shape index (κ1) is 5.96. The molecular formula is C6H5N3O2. The summed E-state index contributed by atoms with van der Waals surface area (Å²) in [6, 6.07) is 0. The van der Waals surface area contributed by atoms with Crippen LogP contribution < -0.4 is 5.73 Å². The predicted molar refractivity (Wildman–Crippen MR) is 36.4 cm³/mol. The van der Waals surface area contributed by atoms with Gasteiger partial charge in [-0.3, -0.25) is 0 Å². The molecule has 56 valence electrons. The van der Waals surface area contributed by atoms with Crippen molar-refractivity contribution in [2.24, 2.45) is 0 Å². The molecule has 0 saturated carbocycles. The molecular weight excluding hydrogens is 146 g/mol. The Bertz CT molecular complexity index is 338. The second kappa shape index (κ2) is 2.12. The van der Waals surface area contributed by atoms with Crippen molar-refractivity contribution in [1.29, 1.82) is 0 Å². The molecule has 2 aromatic heterocycles. The van der Waals surface area contributed by atoms with Gasteiger partial charge in [0.05, 0.1) is 12.4 Å². The number of rotatable bonds is 1. The number of nitrogen functional groups attached to an aromatic ring is 1. The van der Waals surface area contributed by atoms with E-state index in [0.29, 0.717) is 17.3 Å². The van der Waals surface area contributed by atoms with Gasteiger partial charge in [-0.05, 0) is 0 Å². The molecule has 2 rings (SSSR count). The maximum atomic E-state index is 5.48. The molecule has 0 aliphatic carbocycles. The molecule has 0 bridgehead atoms. The van der Waals surface area contributed by atoms with Crippen LogP contribution in [0.3, 0.4) is 0 Å². The third-order valence-corrected chi connectivity index (χ3v) is 1.22. The van der Waals surface area contributed by atoms with E-state index in [9.17, 15) is 0 Å². The average molecular weight is 151 g/mol. The zero-order chi connectivity index (χ0) is 7.68. The van der Waals surface area contributed by atoms with Crippen molar-refractivity contribution in [3.63, 3.8) is 0 Å². The van der Waals surface area contributed by atoms with Crippen LogP contribution in [0.4, 0.5) is 5.69 Å². The van der Waals surface area contributed by atoms with Gasteiger partial charge in [0.1, 0.15) is 12.0 Å². The molecule has 0 saturated heterocycles. The minimum atomic E-state index is 0.347. The van der Waals surface area contributed by atoms with E-state index in [-0.39, 0.29) is 0 Å². The summed E-state index contributed by atoms with van der Waals surface area (Å²) in [6.07, 6.45) is 4.36. The Hall–Kier alpha value is -1.78. The van der Waals surface area contributed by atoms with E-state index < -0.39 is 0 Å². The molecule has 11 heavy (non-hydrogen) atoms. The Kier molecular flexibility index (Phi) is 1.15. The number of aromatic nitrogens is 2. The molecule has 2 aromatic rings. The van der Waals surface area contributed by atoms with Gasteiger partial charge in [-0.1, -0.05) is 5.16 Å². The molecule has 2 heterocycles. The fraction of sp³-hybridized carbons (Fsp3) is 0. The van der Waals surface area contributed by atoms with Crippen molar-refractivity contribution < 1.29 is 8.94 Å². The van der Waals surface area contributed by atoms with E-state index in [0.717, 1.165) is 0 Å². The van der Waals surface area contributed by atoms with Crippen LogP contribution in [0.15, 0.2) is 27.6 Å². The highest BCUT2D eigenvalue weighted by Crippen LogP contribution is 2.22. The van der Waals surface area contributed by atoms with Gasteiger partial charge >= 0.3 is 0 Å². The van der Waals surface area contributed by atoms with Crippen LogP contribution in [-0.2, 0) is 0 Å². The topological polar surface area (TPSA) is 78.1 Å². The number of nitrogens with zero attached hydrogens (tertiary/aromatic N) is 2. The number of hydrogen-bond acceptors (Lipinski definition) is 5. The lowest BCUT2D eigenvalue weighted by atomic mass is 10.4. The van der Waals surface area contributed by atoms with Crippen LogP contribution in [0.5, 0.6) is 0 Å². The van der Waals surface area contributed by atoms with Crippen molar-refractivity contribution in [1.82, 2.24) is 10.1 Å². The molecule has 2 N–H and O–H groups in total. The number of anilines is 1. The highest BCUT2D eigenvalue weighted by Gasteiger charge is 2.11. The highest BCUT2D eigenvalue weighted by molar-refractivity contribution is 5.62. The molecule has 0 atom stereocenters. The molecule has 0 unspecified atom stereocenters. The van der Waals surface area contributed by atoms with Gasteiger partial charge in [0.2, 0.25) is 5.76 Å². The SMILES string of the molecule is Nc1cnoc1-c1ncco1. The summed E-state index contributed by atoms with van der Waals surface area (Å²) < 4.78 is 9.71. The number of hydrogen-bond donors (Lipinski definition) is 1. The zero-order valence-electron chi connectivity index (χ0n) is 5.52. The summed E-state index contributed by atoms with van der Waals surface area (Å²) >= 11 is 0. The fourth-order valence-corrected chi connectivity index (χ4v) is 0.745. The van der Waals surface area contributed by atoms with Gasteiger partial charge in [0.25, 0.3) is 5.89 Å². The van der Waals surface area contributed by atoms with E-state index in [2.05, 4.69) is 10.1 Å². The predicted octanol–water partition coefficient (Wildman–Crippen LogP) is 0.912. The molecule has 0 fully saturated rings. The molecule has 0 amide bonds. The Morgan fingerprint density at radius 2 is 2.36 bits per heavy atom. The molecule has 0 radical (unpaired) electrons. The summed E-state index contributed by atoms with van der Waals surface area (Å²) in [5.74, 6) is 0.718. The Labute approximate surface area is 61.8 Å². The summed E-state index contributed by atoms with van der Waals surface area (Å²) in [5.41, 5.74) is 5.90. The molecule has 5 heteroatoms. The van der Waals surface area contributed by atoms with Crippen molar-refractivity contribution in [2.45, 2.75) is 0 Å². The van der Waals surface area contributed by atoms with Crippen molar-refractivity contribution in [3.8, 4) is 11.7 Å². The van der Waals surface area contributed by atoms with Crippen LogP contribution in [0, 0.1) is 0 Å². The third-order valence-electron chi connectivity index (χ3n) is 1.22. The fourth-order valence-electron chi connectivity index (χ4n) is 0.745. The maximum Gasteiger partial charge on any atom is 0.267 e. The van der Waals surface area contributed by atoms with E-state index in [1.807, 2.05) is 0 Å². The van der Waals surface area contributed by atoms with Crippen LogP contribution in [0.25, 0.3) is 11.7 Å². The number of oxazole rings is 1. The van der Waals surface area contributed by atoms with Gasteiger partial charge in [-0.15, -0.1) is 0 Å². The summed E-state index contributed by atoms with van der Waals surface area (Å²) in [7, 11) is 0. The Balaban J connectivity index is 2.53. The average Bonchev–Trinajstić information content (AvgIpc) is 2.55. The van der Waals surface area contributed by atoms with E-state index in [4.69, 9.17) is 14.7 Å². The Morgan fingerprint density at radius 1 is 1.45 bits per heavy atom. The van der Waals surface area contributed by atoms with Gasteiger partial charge < -0.3 is 14.7 Å². The molecule has 0 aromatic carbocycles. The van der Waals surface area contributed by atoms with Crippen LogP contribution in [0.2, 0.25) is 0 Å². The molecule has 5 nitrogen and oxygen atoms in total. The van der Waals surface area contributed by atoms with Crippen LogP contribution in [-0.4, -0.2) is 10.1 Å². The highest BCUT2D eigenvalue weighted by atomic mass is 16.5. The first-order valence-corrected chi connectivity index (χ1v) is 2.98. The van der Waals surface area contributed by atoms with Crippen molar-refractivity contribution >= 4 is 5.69 Å². The Morgan fingerprint density at radius 3 is 2.91 bits per heavy atom. The quantitative estimate of drug-likeness (QED) is 0.655. The molecule has 0 aliphatic rings.